The average molecular weight is 354 g/mol. The highest BCUT2D eigenvalue weighted by Gasteiger charge is 2.21. The van der Waals surface area contributed by atoms with Crippen LogP contribution in [0.1, 0.15) is 10.5 Å². The normalized spacial score (nSPS) is 12.8. The zero-order valence-corrected chi connectivity index (χ0v) is 13.9. The fourth-order valence-corrected chi connectivity index (χ4v) is 4.54. The molecular formula is C17H10N2O3S2. The van der Waals surface area contributed by atoms with Crippen molar-refractivity contribution in [3.05, 3.63) is 46.8 Å². The summed E-state index contributed by atoms with van der Waals surface area (Å²) in [5, 5.41) is 4.06. The second-order valence-corrected chi connectivity index (χ2v) is 7.03. The summed E-state index contributed by atoms with van der Waals surface area (Å²) in [5.41, 5.74) is 3.04. The second-order valence-electron chi connectivity index (χ2n) is 5.25. The molecule has 0 spiro atoms. The first kappa shape index (κ1) is 13.8. The van der Waals surface area contributed by atoms with Crippen molar-refractivity contribution in [1.29, 1.82) is 0 Å². The predicted molar refractivity (Wildman–Crippen MR) is 93.3 cm³/mol. The number of hydrogen-bond donors (Lipinski definition) is 0. The van der Waals surface area contributed by atoms with Crippen LogP contribution in [0.4, 0.5) is 0 Å². The molecule has 0 atom stereocenters. The number of aldehydes is 1. The summed E-state index contributed by atoms with van der Waals surface area (Å²) >= 11 is 3.17. The quantitative estimate of drug-likeness (QED) is 0.514. The van der Waals surface area contributed by atoms with Crippen molar-refractivity contribution >= 4 is 33.9 Å². The van der Waals surface area contributed by atoms with E-state index in [9.17, 15) is 4.79 Å². The number of benzene rings is 1. The molecule has 0 amide bonds. The van der Waals surface area contributed by atoms with Crippen molar-refractivity contribution in [3.63, 3.8) is 0 Å². The second kappa shape index (κ2) is 5.19. The minimum Gasteiger partial charge on any atom is -0.454 e. The molecule has 3 aromatic heterocycles. The molecule has 0 N–H and O–H groups in total. The molecule has 5 rings (SSSR count). The summed E-state index contributed by atoms with van der Waals surface area (Å²) in [7, 11) is 0. The summed E-state index contributed by atoms with van der Waals surface area (Å²) in [6, 6.07) is 9.66. The molecule has 0 bridgehead atoms. The molecule has 0 saturated heterocycles. The third-order valence-corrected chi connectivity index (χ3v) is 5.65. The maximum atomic E-state index is 11.8. The third-order valence-electron chi connectivity index (χ3n) is 3.93. The van der Waals surface area contributed by atoms with Gasteiger partial charge in [0, 0.05) is 10.9 Å². The van der Waals surface area contributed by atoms with Gasteiger partial charge in [-0.2, -0.15) is 0 Å². The molecule has 7 heteroatoms. The number of thiazole rings is 1. The minimum atomic E-state index is 0.222. The molecule has 0 aliphatic carbocycles. The minimum absolute atomic E-state index is 0.222. The summed E-state index contributed by atoms with van der Waals surface area (Å²) in [4.78, 5) is 18.4. The highest BCUT2D eigenvalue weighted by molar-refractivity contribution is 7.17. The monoisotopic (exact) mass is 354 g/mol. The van der Waals surface area contributed by atoms with Crippen molar-refractivity contribution in [2.45, 2.75) is 0 Å². The molecule has 0 radical (unpaired) electrons. The molecule has 0 saturated carbocycles. The molecular weight excluding hydrogens is 344 g/mol. The van der Waals surface area contributed by atoms with Gasteiger partial charge >= 0.3 is 0 Å². The van der Waals surface area contributed by atoms with E-state index in [2.05, 4.69) is 4.98 Å². The van der Waals surface area contributed by atoms with E-state index < -0.39 is 0 Å². The number of imidazole rings is 1. The van der Waals surface area contributed by atoms with Crippen molar-refractivity contribution in [1.82, 2.24) is 9.38 Å². The lowest BCUT2D eigenvalue weighted by Crippen LogP contribution is -1.93. The van der Waals surface area contributed by atoms with Gasteiger partial charge in [-0.3, -0.25) is 9.20 Å². The van der Waals surface area contributed by atoms with Gasteiger partial charge < -0.3 is 9.47 Å². The number of carbonyl (C=O) groups is 1. The highest BCUT2D eigenvalue weighted by atomic mass is 32.1. The van der Waals surface area contributed by atoms with E-state index in [1.165, 1.54) is 11.3 Å². The Bertz CT molecular complexity index is 1060. The van der Waals surface area contributed by atoms with Gasteiger partial charge in [0.05, 0.1) is 10.6 Å². The number of aromatic nitrogens is 2. The maximum absolute atomic E-state index is 11.8. The van der Waals surface area contributed by atoms with Gasteiger partial charge in [0.2, 0.25) is 6.79 Å². The number of thiophene rings is 1. The molecule has 24 heavy (non-hydrogen) atoms. The van der Waals surface area contributed by atoms with Gasteiger partial charge in [-0.15, -0.1) is 22.7 Å². The first-order valence-corrected chi connectivity index (χ1v) is 9.00. The first-order chi connectivity index (χ1) is 11.8. The van der Waals surface area contributed by atoms with E-state index in [1.807, 2.05) is 45.5 Å². The number of carbonyl (C=O) groups excluding carboxylic acids is 1. The summed E-state index contributed by atoms with van der Waals surface area (Å²) in [6.07, 6.45) is 0.865. The Balaban J connectivity index is 1.74. The Morgan fingerprint density at radius 3 is 2.92 bits per heavy atom. The molecule has 5 nitrogen and oxygen atoms in total. The molecule has 4 aromatic rings. The van der Waals surface area contributed by atoms with E-state index in [0.717, 1.165) is 27.4 Å². The van der Waals surface area contributed by atoms with Crippen molar-refractivity contribution in [2.24, 2.45) is 0 Å². The summed E-state index contributed by atoms with van der Waals surface area (Å²) in [6.45, 7) is 0.222. The molecule has 1 aliphatic rings. The lowest BCUT2D eigenvalue weighted by atomic mass is 10.1. The van der Waals surface area contributed by atoms with Gasteiger partial charge in [0.15, 0.2) is 22.7 Å². The molecule has 0 fully saturated rings. The number of rotatable bonds is 3. The van der Waals surface area contributed by atoms with Crippen LogP contribution in [0.25, 0.3) is 26.8 Å². The number of hydrogen-bond acceptors (Lipinski definition) is 6. The van der Waals surface area contributed by atoms with E-state index >= 15 is 0 Å². The van der Waals surface area contributed by atoms with Crippen LogP contribution in [0.2, 0.25) is 0 Å². The van der Waals surface area contributed by atoms with Crippen LogP contribution in [0, 0.1) is 0 Å². The third kappa shape index (κ3) is 1.92. The van der Waals surface area contributed by atoms with Crippen LogP contribution in [0.5, 0.6) is 11.5 Å². The topological polar surface area (TPSA) is 52.8 Å². The average Bonchev–Trinajstić information content (AvgIpc) is 3.35. The van der Waals surface area contributed by atoms with Gasteiger partial charge in [-0.25, -0.2) is 4.98 Å². The molecule has 1 aliphatic heterocycles. The molecule has 118 valence electrons. The van der Waals surface area contributed by atoms with Gasteiger partial charge in [-0.1, -0.05) is 6.07 Å². The summed E-state index contributed by atoms with van der Waals surface area (Å²) < 4.78 is 12.7. The summed E-state index contributed by atoms with van der Waals surface area (Å²) in [5.74, 6) is 1.39. The van der Waals surface area contributed by atoms with Crippen LogP contribution in [-0.2, 0) is 0 Å². The Morgan fingerprint density at radius 1 is 1.17 bits per heavy atom. The molecule has 0 unspecified atom stereocenters. The van der Waals surface area contributed by atoms with Crippen LogP contribution >= 0.6 is 22.7 Å². The first-order valence-electron chi connectivity index (χ1n) is 7.24. The van der Waals surface area contributed by atoms with Crippen LogP contribution in [0.3, 0.4) is 0 Å². The van der Waals surface area contributed by atoms with Gasteiger partial charge in [0.1, 0.15) is 11.4 Å². The Kier molecular flexibility index (Phi) is 2.97. The zero-order valence-electron chi connectivity index (χ0n) is 12.3. The van der Waals surface area contributed by atoms with Gasteiger partial charge in [-0.05, 0) is 29.6 Å². The Morgan fingerprint density at radius 2 is 2.08 bits per heavy atom. The van der Waals surface area contributed by atoms with Crippen molar-refractivity contribution in [3.8, 4) is 33.3 Å². The van der Waals surface area contributed by atoms with Crippen LogP contribution < -0.4 is 9.47 Å². The Hall–Kier alpha value is -2.64. The smallest absolute Gasteiger partial charge is 0.231 e. The molecule has 1 aromatic carbocycles. The fourth-order valence-electron chi connectivity index (χ4n) is 2.84. The van der Waals surface area contributed by atoms with E-state index in [0.29, 0.717) is 22.9 Å². The standard InChI is InChI=1S/C17H10N2O3S2/c20-7-11-16(10-3-4-13-14(6-10)22-9-21-13)18-17-19(11)12(8-24-17)15-2-1-5-23-15/h1-8H,9H2. The largest absolute Gasteiger partial charge is 0.454 e. The fraction of sp³-hybridized carbons (Fsp3) is 0.0588. The van der Waals surface area contributed by atoms with Crippen LogP contribution in [0.15, 0.2) is 41.1 Å². The predicted octanol–water partition coefficient (Wildman–Crippen LogP) is 4.33. The lowest BCUT2D eigenvalue weighted by molar-refractivity contribution is 0.111. The number of fused-ring (bicyclic) bond motifs is 2. The Labute approximate surface area is 144 Å². The SMILES string of the molecule is O=Cc1c(-c2ccc3c(c2)OCO3)nc2scc(-c3cccs3)n12. The number of ether oxygens (including phenoxy) is 2. The van der Waals surface area contributed by atoms with Crippen molar-refractivity contribution in [2.75, 3.05) is 6.79 Å². The van der Waals surface area contributed by atoms with Crippen molar-refractivity contribution < 1.29 is 14.3 Å². The number of nitrogens with zero attached hydrogens (tertiary/aromatic N) is 2. The maximum Gasteiger partial charge on any atom is 0.231 e. The van der Waals surface area contributed by atoms with E-state index in [4.69, 9.17) is 9.47 Å². The molecule has 4 heterocycles. The lowest BCUT2D eigenvalue weighted by Gasteiger charge is -2.02. The van der Waals surface area contributed by atoms with E-state index in [1.54, 1.807) is 11.3 Å². The van der Waals surface area contributed by atoms with Crippen LogP contribution in [-0.4, -0.2) is 22.5 Å². The highest BCUT2D eigenvalue weighted by Crippen LogP contribution is 2.38. The van der Waals surface area contributed by atoms with Gasteiger partial charge in [0.25, 0.3) is 0 Å². The zero-order chi connectivity index (χ0) is 16.1. The van der Waals surface area contributed by atoms with E-state index in [-0.39, 0.29) is 6.79 Å².